The van der Waals surface area contributed by atoms with Crippen molar-refractivity contribution in [1.29, 1.82) is 0 Å². The predicted octanol–water partition coefficient (Wildman–Crippen LogP) is -4.30. The van der Waals surface area contributed by atoms with Crippen molar-refractivity contribution in [3.05, 3.63) is 17.7 Å². The summed E-state index contributed by atoms with van der Waals surface area (Å²) in [4.78, 5) is 16.6. The average Bonchev–Trinajstić information content (AvgIpc) is 2.46. The maximum Gasteiger partial charge on any atom is 1.00 e. The fourth-order valence-corrected chi connectivity index (χ4v) is 1.47. The van der Waals surface area contributed by atoms with Crippen LogP contribution in [-0.4, -0.2) is 34.0 Å². The van der Waals surface area contributed by atoms with Crippen molar-refractivity contribution in [2.75, 3.05) is 13.6 Å². The van der Waals surface area contributed by atoms with E-state index < -0.39 is 5.97 Å². The molecule has 0 aliphatic carbocycles. The fraction of sp³-hybridized carbons (Fsp3) is 0.500. The predicted molar refractivity (Wildman–Crippen MR) is 42.9 cm³/mol. The van der Waals surface area contributed by atoms with Crippen molar-refractivity contribution in [2.24, 2.45) is 0 Å². The van der Waals surface area contributed by atoms with Crippen LogP contribution in [0.25, 0.3) is 0 Å². The van der Waals surface area contributed by atoms with Crippen LogP contribution < -0.4 is 24.0 Å². The van der Waals surface area contributed by atoms with Crippen LogP contribution in [0.1, 0.15) is 16.3 Å². The molecule has 1 aliphatic rings. The number of likely N-dealkylation sites (N-methyl/N-ethyl adjacent to an activating group) is 1. The van der Waals surface area contributed by atoms with E-state index in [4.69, 9.17) is 0 Å². The average molecular weight is 187 g/mol. The third-order valence-electron chi connectivity index (χ3n) is 2.20. The van der Waals surface area contributed by atoms with Gasteiger partial charge in [-0.2, -0.15) is 0 Å². The summed E-state index contributed by atoms with van der Waals surface area (Å²) in [5.41, 5.74) is 0.0327. The summed E-state index contributed by atoms with van der Waals surface area (Å²) in [6, 6.07) is 0. The molecule has 0 radical (unpaired) electrons. The van der Waals surface area contributed by atoms with Crippen molar-refractivity contribution in [1.82, 2.24) is 14.5 Å². The van der Waals surface area contributed by atoms with Crippen LogP contribution in [0.5, 0.6) is 0 Å². The van der Waals surface area contributed by atoms with Crippen molar-refractivity contribution < 1.29 is 28.8 Å². The molecule has 70 valence electrons. The molecule has 0 unspecified atom stereocenters. The standard InChI is InChI=1S/C8H11N3O2.Li/c1-10-2-3-11-4-6(8(12)13)9-7(11)5-10;/h4H,2-3,5H2,1H3,(H,12,13);/q;+1/p-1. The second kappa shape index (κ2) is 4.18. The van der Waals surface area contributed by atoms with Gasteiger partial charge in [-0.1, -0.05) is 0 Å². The number of imidazole rings is 1. The van der Waals surface area contributed by atoms with Gasteiger partial charge < -0.3 is 14.5 Å². The number of nitrogens with zero attached hydrogens (tertiary/aromatic N) is 3. The Bertz CT molecular complexity index is 350. The van der Waals surface area contributed by atoms with E-state index in [1.54, 1.807) is 0 Å². The Labute approximate surface area is 93.9 Å². The van der Waals surface area contributed by atoms with Gasteiger partial charge in [0, 0.05) is 19.3 Å². The van der Waals surface area contributed by atoms with E-state index in [0.717, 1.165) is 18.9 Å². The van der Waals surface area contributed by atoms with Gasteiger partial charge in [0.25, 0.3) is 0 Å². The first kappa shape index (κ1) is 11.3. The van der Waals surface area contributed by atoms with Gasteiger partial charge in [0.05, 0.1) is 12.5 Å². The molecule has 2 heterocycles. The molecule has 0 spiro atoms. The molecular formula is C8H10LiN3O2. The molecule has 0 bridgehead atoms. The third kappa shape index (κ3) is 2.00. The van der Waals surface area contributed by atoms with E-state index >= 15 is 0 Å². The third-order valence-corrected chi connectivity index (χ3v) is 2.20. The second-order valence-electron chi connectivity index (χ2n) is 3.26. The minimum atomic E-state index is -1.20. The summed E-state index contributed by atoms with van der Waals surface area (Å²) >= 11 is 0. The molecule has 0 saturated carbocycles. The molecular weight excluding hydrogens is 177 g/mol. The van der Waals surface area contributed by atoms with Crippen LogP contribution in [0.2, 0.25) is 0 Å². The topological polar surface area (TPSA) is 61.2 Å². The molecule has 0 atom stereocenters. The SMILES string of the molecule is CN1CCn2cc(C(=O)[O-])nc2C1.[Li+]. The summed E-state index contributed by atoms with van der Waals surface area (Å²) < 4.78 is 1.87. The van der Waals surface area contributed by atoms with Gasteiger partial charge >= 0.3 is 18.9 Å². The van der Waals surface area contributed by atoms with E-state index in [0.29, 0.717) is 6.54 Å². The molecule has 0 N–H and O–H groups in total. The zero-order valence-electron chi connectivity index (χ0n) is 8.36. The molecule has 0 saturated heterocycles. The van der Waals surface area contributed by atoms with E-state index in [2.05, 4.69) is 9.88 Å². The van der Waals surface area contributed by atoms with Gasteiger partial charge in [0.1, 0.15) is 11.5 Å². The van der Waals surface area contributed by atoms with Crippen LogP contribution in [0, 0.1) is 0 Å². The number of carbonyl (C=O) groups is 1. The second-order valence-corrected chi connectivity index (χ2v) is 3.26. The number of hydrogen-bond donors (Lipinski definition) is 0. The molecule has 0 amide bonds. The smallest absolute Gasteiger partial charge is 0.543 e. The van der Waals surface area contributed by atoms with Crippen LogP contribution in [-0.2, 0) is 13.1 Å². The van der Waals surface area contributed by atoms with E-state index in [-0.39, 0.29) is 24.6 Å². The summed E-state index contributed by atoms with van der Waals surface area (Å²) in [5, 5.41) is 10.5. The molecule has 2 rings (SSSR count). The number of fused-ring (bicyclic) bond motifs is 1. The molecule has 1 aromatic rings. The zero-order valence-corrected chi connectivity index (χ0v) is 8.36. The maximum atomic E-state index is 10.5. The Kier molecular flexibility index (Phi) is 3.37. The van der Waals surface area contributed by atoms with Gasteiger partial charge in [-0.15, -0.1) is 0 Å². The summed E-state index contributed by atoms with van der Waals surface area (Å²) in [6.45, 7) is 2.43. The number of carboxylic acid groups (broad SMARTS) is 1. The first-order valence-corrected chi connectivity index (χ1v) is 4.13. The monoisotopic (exact) mass is 187 g/mol. The molecule has 6 heteroatoms. The summed E-state index contributed by atoms with van der Waals surface area (Å²) in [5.74, 6) is -0.405. The molecule has 5 nitrogen and oxygen atoms in total. The number of aromatic nitrogens is 2. The first-order valence-electron chi connectivity index (χ1n) is 4.13. The first-order chi connectivity index (χ1) is 6.16. The summed E-state index contributed by atoms with van der Waals surface area (Å²) in [6.07, 6.45) is 1.54. The van der Waals surface area contributed by atoms with Crippen LogP contribution in [0.15, 0.2) is 6.20 Å². The Balaban J connectivity index is 0.000000980. The molecule has 14 heavy (non-hydrogen) atoms. The molecule has 1 aliphatic heterocycles. The molecule has 0 aromatic carbocycles. The van der Waals surface area contributed by atoms with E-state index in [9.17, 15) is 9.90 Å². The van der Waals surface area contributed by atoms with Gasteiger partial charge in [-0.25, -0.2) is 4.98 Å². The summed E-state index contributed by atoms with van der Waals surface area (Å²) in [7, 11) is 1.98. The minimum absolute atomic E-state index is 0. The fourth-order valence-electron chi connectivity index (χ4n) is 1.47. The number of carboxylic acids is 1. The van der Waals surface area contributed by atoms with E-state index in [1.807, 2.05) is 11.6 Å². The quantitative estimate of drug-likeness (QED) is 0.417. The van der Waals surface area contributed by atoms with Gasteiger partial charge in [-0.3, -0.25) is 4.90 Å². The van der Waals surface area contributed by atoms with Crippen molar-refractivity contribution >= 4 is 5.97 Å². The van der Waals surface area contributed by atoms with Crippen LogP contribution >= 0.6 is 0 Å². The van der Waals surface area contributed by atoms with Gasteiger partial charge in [0.15, 0.2) is 0 Å². The Morgan fingerprint density at radius 2 is 2.29 bits per heavy atom. The number of aromatic carboxylic acids is 1. The van der Waals surface area contributed by atoms with Gasteiger partial charge in [0.2, 0.25) is 0 Å². The van der Waals surface area contributed by atoms with Gasteiger partial charge in [-0.05, 0) is 7.05 Å². The van der Waals surface area contributed by atoms with E-state index in [1.165, 1.54) is 6.20 Å². The zero-order chi connectivity index (χ0) is 9.42. The van der Waals surface area contributed by atoms with Crippen molar-refractivity contribution in [2.45, 2.75) is 13.1 Å². The number of hydrogen-bond acceptors (Lipinski definition) is 4. The Hall–Kier alpha value is -0.763. The Morgan fingerprint density at radius 3 is 2.93 bits per heavy atom. The van der Waals surface area contributed by atoms with Crippen LogP contribution in [0.3, 0.4) is 0 Å². The normalized spacial score (nSPS) is 15.8. The number of carbonyl (C=O) groups excluding carboxylic acids is 1. The minimum Gasteiger partial charge on any atom is -0.543 e. The Morgan fingerprint density at radius 1 is 1.57 bits per heavy atom. The molecule has 0 fully saturated rings. The van der Waals surface area contributed by atoms with Crippen LogP contribution in [0.4, 0.5) is 0 Å². The number of rotatable bonds is 1. The van der Waals surface area contributed by atoms with Crippen molar-refractivity contribution in [3.63, 3.8) is 0 Å². The molecule has 1 aromatic heterocycles. The largest absolute Gasteiger partial charge is 1.00 e. The maximum absolute atomic E-state index is 10.5. The van der Waals surface area contributed by atoms with Crippen molar-refractivity contribution in [3.8, 4) is 0 Å².